The first-order valence-corrected chi connectivity index (χ1v) is 9.67. The maximum Gasteiger partial charge on any atom is 0.234 e. The molecule has 0 atom stereocenters. The molecule has 3 rings (SSSR count). The van der Waals surface area contributed by atoms with Crippen LogP contribution in [0.4, 0.5) is 5.69 Å². The average Bonchev–Trinajstić information content (AvgIpc) is 3.07. The summed E-state index contributed by atoms with van der Waals surface area (Å²) in [5.41, 5.74) is 4.06. The number of benzene rings is 2. The molecule has 0 bridgehead atoms. The molecule has 27 heavy (non-hydrogen) atoms. The second-order valence-electron chi connectivity index (χ2n) is 6.16. The van der Waals surface area contributed by atoms with E-state index < -0.39 is 0 Å². The molecule has 0 unspecified atom stereocenters. The van der Waals surface area contributed by atoms with Crippen LogP contribution in [-0.4, -0.2) is 26.4 Å². The van der Waals surface area contributed by atoms with Crippen LogP contribution in [0, 0.1) is 13.8 Å². The smallest absolute Gasteiger partial charge is 0.234 e. The highest BCUT2D eigenvalue weighted by molar-refractivity contribution is 7.99. The van der Waals surface area contributed by atoms with Crippen molar-refractivity contribution in [3.8, 4) is 11.4 Å². The largest absolute Gasteiger partial charge is 0.325 e. The van der Waals surface area contributed by atoms with E-state index >= 15 is 0 Å². The molecule has 0 spiro atoms. The maximum atomic E-state index is 12.4. The fourth-order valence-corrected chi connectivity index (χ4v) is 3.44. The summed E-state index contributed by atoms with van der Waals surface area (Å²) in [4.78, 5) is 12.4. The number of hydrogen-bond donors (Lipinski definition) is 1. The molecule has 6 heteroatoms. The Kier molecular flexibility index (Phi) is 6.08. The number of carbonyl (C=O) groups excluding carboxylic acids is 1. The summed E-state index contributed by atoms with van der Waals surface area (Å²) in [6, 6.07) is 15.8. The van der Waals surface area contributed by atoms with Crippen molar-refractivity contribution in [2.45, 2.75) is 25.5 Å². The average molecular weight is 379 g/mol. The minimum atomic E-state index is -0.0666. The number of nitrogens with zero attached hydrogens (tertiary/aromatic N) is 3. The molecule has 2 aromatic carbocycles. The zero-order valence-corrected chi connectivity index (χ0v) is 16.3. The van der Waals surface area contributed by atoms with Gasteiger partial charge in [-0.05, 0) is 31.0 Å². The Morgan fingerprint density at radius 3 is 2.67 bits per heavy atom. The van der Waals surface area contributed by atoms with E-state index in [1.807, 2.05) is 66.9 Å². The summed E-state index contributed by atoms with van der Waals surface area (Å²) in [6.45, 7) is 8.43. The Morgan fingerprint density at radius 1 is 1.15 bits per heavy atom. The van der Waals surface area contributed by atoms with Crippen molar-refractivity contribution in [3.63, 3.8) is 0 Å². The number of allylic oxidation sites excluding steroid dienone is 1. The van der Waals surface area contributed by atoms with Crippen molar-refractivity contribution in [3.05, 3.63) is 72.3 Å². The first kappa shape index (κ1) is 18.9. The van der Waals surface area contributed by atoms with Gasteiger partial charge in [-0.25, -0.2) is 0 Å². The quantitative estimate of drug-likeness (QED) is 0.486. The number of rotatable bonds is 7. The van der Waals surface area contributed by atoms with E-state index in [9.17, 15) is 4.79 Å². The molecule has 0 aliphatic heterocycles. The third-order valence-corrected chi connectivity index (χ3v) is 5.24. The second kappa shape index (κ2) is 8.68. The molecule has 1 N–H and O–H groups in total. The summed E-state index contributed by atoms with van der Waals surface area (Å²) in [6.07, 6.45) is 1.80. The molecule has 1 amide bonds. The fraction of sp³-hybridized carbons (Fsp3) is 0.190. The van der Waals surface area contributed by atoms with E-state index in [1.165, 1.54) is 11.8 Å². The van der Waals surface area contributed by atoms with Crippen LogP contribution in [0.25, 0.3) is 11.4 Å². The molecule has 1 heterocycles. The van der Waals surface area contributed by atoms with E-state index in [0.29, 0.717) is 11.7 Å². The molecule has 1 aromatic heterocycles. The van der Waals surface area contributed by atoms with Gasteiger partial charge in [0.05, 0.1) is 5.75 Å². The molecule has 0 fully saturated rings. The first-order chi connectivity index (χ1) is 13.1. The van der Waals surface area contributed by atoms with Crippen LogP contribution in [-0.2, 0) is 11.3 Å². The first-order valence-electron chi connectivity index (χ1n) is 8.68. The van der Waals surface area contributed by atoms with E-state index in [2.05, 4.69) is 22.1 Å². The van der Waals surface area contributed by atoms with Crippen LogP contribution in [0.2, 0.25) is 0 Å². The molecule has 0 saturated heterocycles. The van der Waals surface area contributed by atoms with Crippen molar-refractivity contribution in [2.24, 2.45) is 0 Å². The third kappa shape index (κ3) is 4.46. The molecule has 0 aliphatic rings. The van der Waals surface area contributed by atoms with Crippen LogP contribution in [0.3, 0.4) is 0 Å². The Morgan fingerprint density at radius 2 is 1.93 bits per heavy atom. The van der Waals surface area contributed by atoms with E-state index in [0.717, 1.165) is 28.2 Å². The number of aryl methyl sites for hydroxylation is 1. The number of anilines is 1. The number of hydrogen-bond acceptors (Lipinski definition) is 4. The normalized spacial score (nSPS) is 10.6. The van der Waals surface area contributed by atoms with Gasteiger partial charge in [0, 0.05) is 17.8 Å². The van der Waals surface area contributed by atoms with Crippen LogP contribution >= 0.6 is 11.8 Å². The van der Waals surface area contributed by atoms with E-state index in [1.54, 1.807) is 6.08 Å². The standard InChI is InChI=1S/C21H22N4OS/c1-4-13-25-20(17-10-6-5-7-11-17)23-24-21(25)27-14-19(26)22-18-12-8-9-15(2)16(18)3/h4-12H,1,13-14H2,2-3H3,(H,22,26). The van der Waals surface area contributed by atoms with Crippen molar-refractivity contribution >= 4 is 23.4 Å². The minimum absolute atomic E-state index is 0.0666. The summed E-state index contributed by atoms with van der Waals surface area (Å²) in [7, 11) is 0. The van der Waals surface area contributed by atoms with Crippen molar-refractivity contribution < 1.29 is 4.79 Å². The zero-order valence-electron chi connectivity index (χ0n) is 15.5. The van der Waals surface area contributed by atoms with E-state index in [-0.39, 0.29) is 11.7 Å². The molecule has 138 valence electrons. The summed E-state index contributed by atoms with van der Waals surface area (Å²) < 4.78 is 1.97. The van der Waals surface area contributed by atoms with E-state index in [4.69, 9.17) is 0 Å². The van der Waals surface area contributed by atoms with Crippen LogP contribution < -0.4 is 5.32 Å². The number of carbonyl (C=O) groups is 1. The lowest BCUT2D eigenvalue weighted by Crippen LogP contribution is -2.15. The Balaban J connectivity index is 1.72. The van der Waals surface area contributed by atoms with Crippen molar-refractivity contribution in [1.82, 2.24) is 14.8 Å². The maximum absolute atomic E-state index is 12.4. The SMILES string of the molecule is C=CCn1c(SCC(=O)Nc2cccc(C)c2C)nnc1-c1ccccc1. The summed E-state index contributed by atoms with van der Waals surface area (Å²) in [5, 5.41) is 12.2. The van der Waals surface area contributed by atoms with Gasteiger partial charge in [0.25, 0.3) is 0 Å². The number of nitrogens with one attached hydrogen (secondary N) is 1. The monoisotopic (exact) mass is 378 g/mol. The molecule has 0 saturated carbocycles. The van der Waals surface area contributed by atoms with Gasteiger partial charge >= 0.3 is 0 Å². The highest BCUT2D eigenvalue weighted by Crippen LogP contribution is 2.24. The zero-order chi connectivity index (χ0) is 19.2. The van der Waals surface area contributed by atoms with Gasteiger partial charge in [-0.15, -0.1) is 16.8 Å². The van der Waals surface area contributed by atoms with Gasteiger partial charge in [-0.1, -0.05) is 60.3 Å². The fourth-order valence-electron chi connectivity index (χ4n) is 2.69. The summed E-state index contributed by atoms with van der Waals surface area (Å²) >= 11 is 1.37. The van der Waals surface area contributed by atoms with Crippen molar-refractivity contribution in [2.75, 3.05) is 11.1 Å². The Bertz CT molecular complexity index is 950. The lowest BCUT2D eigenvalue weighted by molar-refractivity contribution is -0.113. The van der Waals surface area contributed by atoms with Gasteiger partial charge in [0.1, 0.15) is 0 Å². The molecule has 0 aliphatic carbocycles. The molecular weight excluding hydrogens is 356 g/mol. The number of aromatic nitrogens is 3. The van der Waals surface area contributed by atoms with Gasteiger partial charge in [0.2, 0.25) is 5.91 Å². The Labute approximate surface area is 163 Å². The van der Waals surface area contributed by atoms with Crippen molar-refractivity contribution in [1.29, 1.82) is 0 Å². The second-order valence-corrected chi connectivity index (χ2v) is 7.10. The lowest BCUT2D eigenvalue weighted by Gasteiger charge is -2.10. The van der Waals surface area contributed by atoms with Crippen LogP contribution in [0.15, 0.2) is 66.3 Å². The van der Waals surface area contributed by atoms with Crippen LogP contribution in [0.5, 0.6) is 0 Å². The molecular formula is C21H22N4OS. The Hall–Kier alpha value is -2.86. The predicted octanol–water partition coefficient (Wildman–Crippen LogP) is 4.48. The topological polar surface area (TPSA) is 59.8 Å². The third-order valence-electron chi connectivity index (χ3n) is 4.27. The summed E-state index contributed by atoms with van der Waals surface area (Å²) in [5.74, 6) is 0.966. The molecule has 5 nitrogen and oxygen atoms in total. The molecule has 0 radical (unpaired) electrons. The molecule has 3 aromatic rings. The van der Waals surface area contributed by atoms with Crippen LogP contribution in [0.1, 0.15) is 11.1 Å². The minimum Gasteiger partial charge on any atom is -0.325 e. The number of amides is 1. The van der Waals surface area contributed by atoms with Gasteiger partial charge in [-0.3, -0.25) is 9.36 Å². The number of thioether (sulfide) groups is 1. The highest BCUT2D eigenvalue weighted by Gasteiger charge is 2.15. The lowest BCUT2D eigenvalue weighted by atomic mass is 10.1. The van der Waals surface area contributed by atoms with Gasteiger partial charge in [-0.2, -0.15) is 0 Å². The van der Waals surface area contributed by atoms with Gasteiger partial charge in [0.15, 0.2) is 11.0 Å². The highest BCUT2D eigenvalue weighted by atomic mass is 32.2. The predicted molar refractivity (Wildman–Crippen MR) is 111 cm³/mol. The van der Waals surface area contributed by atoms with Gasteiger partial charge < -0.3 is 5.32 Å².